The Morgan fingerprint density at radius 2 is 1.26 bits per heavy atom. The third kappa shape index (κ3) is 22.7. The maximum absolute atomic E-state index is 10.3. The van der Waals surface area contributed by atoms with Crippen LogP contribution in [-0.2, 0) is 9.59 Å². The summed E-state index contributed by atoms with van der Waals surface area (Å²) in [7, 11) is 0. The number of aliphatic hydroxyl groups excluding tert-OH is 4. The van der Waals surface area contributed by atoms with E-state index >= 15 is 0 Å². The Labute approximate surface area is 162 Å². The maximum atomic E-state index is 10.3. The summed E-state index contributed by atoms with van der Waals surface area (Å²) in [5, 5.41) is 50.5. The monoisotopic (exact) mass is 396 g/mol. The molecule has 0 spiro atoms. The third-order valence-corrected chi connectivity index (χ3v) is 3.57. The normalized spacial score (nSPS) is 12.2. The molecular weight excluding hydrogens is 356 g/mol. The van der Waals surface area contributed by atoms with E-state index < -0.39 is 43.8 Å². The highest BCUT2D eigenvalue weighted by molar-refractivity contribution is 5.67. The second-order valence-electron chi connectivity index (χ2n) is 8.10. The molecule has 0 fully saturated rings. The van der Waals surface area contributed by atoms with Gasteiger partial charge in [0, 0.05) is 12.8 Å². The lowest BCUT2D eigenvalue weighted by Crippen LogP contribution is -2.37. The number of carbonyl (C=O) groups is 2. The van der Waals surface area contributed by atoms with Gasteiger partial charge in [0.1, 0.15) is 0 Å². The van der Waals surface area contributed by atoms with Crippen molar-refractivity contribution in [2.24, 2.45) is 16.7 Å². The van der Waals surface area contributed by atoms with Crippen LogP contribution >= 0.6 is 0 Å². The predicted molar refractivity (Wildman–Crippen MR) is 103 cm³/mol. The van der Waals surface area contributed by atoms with Crippen molar-refractivity contribution in [3.8, 4) is 0 Å². The van der Waals surface area contributed by atoms with Crippen LogP contribution in [0.25, 0.3) is 0 Å². The first kappa shape index (κ1) is 30.5. The molecule has 0 aromatic heterocycles. The van der Waals surface area contributed by atoms with Gasteiger partial charge in [-0.05, 0) is 24.2 Å². The van der Waals surface area contributed by atoms with Crippen molar-refractivity contribution in [2.45, 2.75) is 66.7 Å². The van der Waals surface area contributed by atoms with Crippen molar-refractivity contribution in [3.05, 3.63) is 0 Å². The molecule has 0 aliphatic heterocycles. The van der Waals surface area contributed by atoms with E-state index in [9.17, 15) is 9.59 Å². The third-order valence-electron chi connectivity index (χ3n) is 3.57. The van der Waals surface area contributed by atoms with Gasteiger partial charge in [-0.1, -0.05) is 41.0 Å². The largest absolute Gasteiger partial charge is 0.481 e. The number of rotatable bonds is 10. The number of carboxylic acids is 2. The summed E-state index contributed by atoms with van der Waals surface area (Å²) < 4.78 is 0. The molecule has 0 aliphatic carbocycles. The highest BCUT2D eigenvalue weighted by atomic mass is 16.4. The van der Waals surface area contributed by atoms with Crippen LogP contribution in [0.15, 0.2) is 0 Å². The molecule has 8 nitrogen and oxygen atoms in total. The molecule has 0 saturated carbocycles. The Bertz CT molecular complexity index is 355. The smallest absolute Gasteiger partial charge is 0.303 e. The molecule has 0 aromatic rings. The Balaban J connectivity index is -0.000000329. The van der Waals surface area contributed by atoms with Gasteiger partial charge >= 0.3 is 11.9 Å². The van der Waals surface area contributed by atoms with Crippen LogP contribution in [0, 0.1) is 16.7 Å². The van der Waals surface area contributed by atoms with Gasteiger partial charge in [-0.3, -0.25) is 9.59 Å². The fourth-order valence-corrected chi connectivity index (χ4v) is 2.04. The van der Waals surface area contributed by atoms with Crippen molar-refractivity contribution in [2.75, 3.05) is 26.4 Å². The van der Waals surface area contributed by atoms with Crippen molar-refractivity contribution < 1.29 is 40.2 Å². The summed E-state index contributed by atoms with van der Waals surface area (Å²) in [6, 6.07) is 0. The van der Waals surface area contributed by atoms with E-state index in [-0.39, 0.29) is 17.8 Å². The van der Waals surface area contributed by atoms with Gasteiger partial charge in [0.2, 0.25) is 0 Å². The molecule has 0 heterocycles. The summed E-state index contributed by atoms with van der Waals surface area (Å²) in [6.45, 7) is 8.73. The first-order valence-corrected chi connectivity index (χ1v) is 9.20. The van der Waals surface area contributed by atoms with Gasteiger partial charge in [0.05, 0.1) is 31.8 Å². The first-order chi connectivity index (χ1) is 12.3. The average molecular weight is 397 g/mol. The van der Waals surface area contributed by atoms with Gasteiger partial charge < -0.3 is 30.6 Å². The zero-order chi connectivity index (χ0) is 22.1. The summed E-state index contributed by atoms with van der Waals surface area (Å²) in [4.78, 5) is 20.1. The number of carboxylic acid groups (broad SMARTS) is 2. The molecule has 0 aliphatic rings. The minimum Gasteiger partial charge on any atom is -0.481 e. The molecule has 1 atom stereocenters. The van der Waals surface area contributed by atoms with E-state index in [0.29, 0.717) is 6.42 Å². The second-order valence-corrected chi connectivity index (χ2v) is 8.10. The van der Waals surface area contributed by atoms with Gasteiger partial charge in [-0.2, -0.15) is 0 Å². The number of aliphatic hydroxyl groups is 4. The van der Waals surface area contributed by atoms with Crippen molar-refractivity contribution in [3.63, 3.8) is 0 Å². The van der Waals surface area contributed by atoms with E-state index in [1.165, 1.54) is 0 Å². The fourth-order valence-electron chi connectivity index (χ4n) is 2.04. The topological polar surface area (TPSA) is 156 Å². The quantitative estimate of drug-likeness (QED) is 0.326. The van der Waals surface area contributed by atoms with Crippen molar-refractivity contribution >= 4 is 11.9 Å². The van der Waals surface area contributed by atoms with Crippen LogP contribution in [0.2, 0.25) is 0 Å². The summed E-state index contributed by atoms with van der Waals surface area (Å²) in [6.07, 6.45) is 3.34. The molecule has 0 aromatic carbocycles. The van der Waals surface area contributed by atoms with E-state index in [2.05, 4.69) is 20.8 Å². The molecule has 0 saturated heterocycles. The van der Waals surface area contributed by atoms with Gasteiger partial charge in [0.25, 0.3) is 0 Å². The van der Waals surface area contributed by atoms with Crippen molar-refractivity contribution in [1.82, 2.24) is 0 Å². The minimum atomic E-state index is -1.11. The summed E-state index contributed by atoms with van der Waals surface area (Å²) in [5.74, 6) is -1.10. The molecular formula is C19H40O8. The zero-order valence-electron chi connectivity index (χ0n) is 17.4. The number of hydrogen-bond donors (Lipinski definition) is 6. The minimum absolute atomic E-state index is 0.245. The molecule has 6 N–H and O–H groups in total. The lowest BCUT2D eigenvalue weighted by Gasteiger charge is -2.23. The van der Waals surface area contributed by atoms with Crippen LogP contribution in [0.5, 0.6) is 0 Å². The van der Waals surface area contributed by atoms with Crippen LogP contribution < -0.4 is 0 Å². The average Bonchev–Trinajstić information content (AvgIpc) is 2.54. The highest BCUT2D eigenvalue weighted by Gasteiger charge is 2.26. The van der Waals surface area contributed by atoms with Crippen molar-refractivity contribution in [1.29, 1.82) is 0 Å². The summed E-state index contributed by atoms with van der Waals surface area (Å²) in [5.41, 5.74) is -0.866. The first-order valence-electron chi connectivity index (χ1n) is 9.20. The molecule has 0 bridgehead atoms. The molecule has 164 valence electrons. The lowest BCUT2D eigenvalue weighted by atomic mass is 9.84. The van der Waals surface area contributed by atoms with Crippen LogP contribution in [0.1, 0.15) is 66.7 Å². The fraction of sp³-hybridized carbons (Fsp3) is 0.895. The zero-order valence-corrected chi connectivity index (χ0v) is 17.4. The molecule has 27 heavy (non-hydrogen) atoms. The Kier molecular flexibility index (Phi) is 19.1. The molecule has 0 radical (unpaired) electrons. The SMILES string of the molecule is CC(CC(=O)O)CC(C)(C)C.CCCCC(=O)O.OCC(CO)(CO)CO. The molecule has 8 heteroatoms. The predicted octanol–water partition coefficient (Wildman–Crippen LogP) is 1.74. The maximum Gasteiger partial charge on any atom is 0.303 e. The Hall–Kier alpha value is -1.22. The highest BCUT2D eigenvalue weighted by Crippen LogP contribution is 2.25. The second kappa shape index (κ2) is 16.9. The van der Waals surface area contributed by atoms with E-state index in [1.54, 1.807) is 0 Å². The molecule has 0 rings (SSSR count). The van der Waals surface area contributed by atoms with Crippen LogP contribution in [0.4, 0.5) is 0 Å². The number of hydrogen-bond acceptors (Lipinski definition) is 6. The van der Waals surface area contributed by atoms with E-state index in [0.717, 1.165) is 19.3 Å². The Morgan fingerprint density at radius 3 is 1.41 bits per heavy atom. The van der Waals surface area contributed by atoms with Gasteiger partial charge in [0.15, 0.2) is 0 Å². The number of aliphatic carboxylic acids is 2. The van der Waals surface area contributed by atoms with E-state index in [1.807, 2.05) is 13.8 Å². The van der Waals surface area contributed by atoms with Crippen LogP contribution in [0.3, 0.4) is 0 Å². The van der Waals surface area contributed by atoms with Crippen LogP contribution in [-0.4, -0.2) is 69.0 Å². The summed E-state index contributed by atoms with van der Waals surface area (Å²) >= 11 is 0. The molecule has 0 amide bonds. The molecule has 1 unspecified atom stereocenters. The lowest BCUT2D eigenvalue weighted by molar-refractivity contribution is -0.138. The van der Waals surface area contributed by atoms with Gasteiger partial charge in [-0.15, -0.1) is 0 Å². The van der Waals surface area contributed by atoms with E-state index in [4.69, 9.17) is 30.6 Å². The van der Waals surface area contributed by atoms with Gasteiger partial charge in [-0.25, -0.2) is 0 Å². The Morgan fingerprint density at radius 1 is 0.852 bits per heavy atom. The number of unbranched alkanes of at least 4 members (excludes halogenated alkanes) is 1. The standard InChI is InChI=1S/C9H18O2.C5H12O4.C5H10O2/c1-7(5-8(10)11)6-9(2,3)4;6-1-5(2-7,3-8)4-9;1-2-3-4-5(6)7/h7H,5-6H2,1-4H3,(H,10,11);6-9H,1-4H2;2-4H2,1H3,(H,6,7).